The van der Waals surface area contributed by atoms with Crippen LogP contribution in [0.5, 0.6) is 0 Å². The molecule has 0 radical (unpaired) electrons. The van der Waals surface area contributed by atoms with Gasteiger partial charge < -0.3 is 5.73 Å². The van der Waals surface area contributed by atoms with Crippen LogP contribution in [0.3, 0.4) is 0 Å². The molecule has 0 unspecified atom stereocenters. The van der Waals surface area contributed by atoms with Crippen LogP contribution in [0.1, 0.15) is 11.1 Å². The van der Waals surface area contributed by atoms with Crippen molar-refractivity contribution < 1.29 is 17.1 Å². The molecule has 0 spiro atoms. The molecule has 2 aromatic carbocycles. The normalized spacial score (nSPS) is 12.5. The first-order valence-electron chi connectivity index (χ1n) is 6.85. The Kier molecular flexibility index (Phi) is 6.07. The molecule has 7 nitrogen and oxygen atoms in total. The number of rotatable bonds is 5. The van der Waals surface area contributed by atoms with E-state index in [2.05, 4.69) is 14.5 Å². The van der Waals surface area contributed by atoms with E-state index in [0.29, 0.717) is 5.56 Å². The van der Waals surface area contributed by atoms with Gasteiger partial charge in [0.05, 0.1) is 16.1 Å². The molecule has 0 atom stereocenters. The monoisotopic (exact) mass is 384 g/mol. The van der Waals surface area contributed by atoms with E-state index in [9.17, 15) is 12.8 Å². The van der Waals surface area contributed by atoms with Gasteiger partial charge in [-0.1, -0.05) is 35.4 Å². The molecule has 0 saturated heterocycles. The fourth-order valence-corrected chi connectivity index (χ4v) is 2.57. The standard InChI is InChI=1S/C15H14ClFN4O3S/c1-10-2-5-12(6-3-10)25(22,23)24-21-15(18)20-19-9-11-4-7-14(17)13(16)8-11/h2-9H,1H3,(H3,18,20,21). The van der Waals surface area contributed by atoms with E-state index in [1.54, 1.807) is 12.1 Å². The molecule has 25 heavy (non-hydrogen) atoms. The Hall–Kier alpha value is -2.49. The SMILES string of the molecule is Cc1ccc(S(=O)(=O)ONC(N)=NN=Cc2ccc(F)c(Cl)c2)cc1. The number of aryl methyl sites for hydroxylation is 1. The Bertz CT molecular complexity index is 915. The van der Waals surface area contributed by atoms with Gasteiger partial charge in [0, 0.05) is 0 Å². The van der Waals surface area contributed by atoms with E-state index in [-0.39, 0.29) is 15.9 Å². The molecule has 0 heterocycles. The highest BCUT2D eigenvalue weighted by Gasteiger charge is 2.15. The second-order valence-electron chi connectivity index (χ2n) is 4.86. The summed E-state index contributed by atoms with van der Waals surface area (Å²) in [6.07, 6.45) is 1.26. The molecule has 2 aromatic rings. The van der Waals surface area contributed by atoms with Crippen LogP contribution >= 0.6 is 11.6 Å². The topological polar surface area (TPSA) is 106 Å². The van der Waals surface area contributed by atoms with Gasteiger partial charge >= 0.3 is 10.1 Å². The lowest BCUT2D eigenvalue weighted by Gasteiger charge is -2.06. The highest BCUT2D eigenvalue weighted by atomic mass is 35.5. The quantitative estimate of drug-likeness (QED) is 0.467. The molecule has 0 aromatic heterocycles. The average Bonchev–Trinajstić information content (AvgIpc) is 2.57. The van der Waals surface area contributed by atoms with Gasteiger partial charge in [-0.05, 0) is 36.8 Å². The molecular formula is C15H14ClFN4O3S. The van der Waals surface area contributed by atoms with Gasteiger partial charge in [-0.15, -0.1) is 9.39 Å². The first-order valence-corrected chi connectivity index (χ1v) is 8.64. The fourth-order valence-electron chi connectivity index (χ4n) is 1.62. The molecular weight excluding hydrogens is 371 g/mol. The number of nitrogens with zero attached hydrogens (tertiary/aromatic N) is 2. The summed E-state index contributed by atoms with van der Waals surface area (Å²) in [6, 6.07) is 10.0. The molecule has 3 N–H and O–H groups in total. The number of halogens is 2. The predicted octanol–water partition coefficient (Wildman–Crippen LogP) is 2.35. The average molecular weight is 385 g/mol. The number of nitrogens with one attached hydrogen (secondary N) is 1. The predicted molar refractivity (Wildman–Crippen MR) is 93.2 cm³/mol. The van der Waals surface area contributed by atoms with Gasteiger partial charge in [-0.3, -0.25) is 0 Å². The second-order valence-corrected chi connectivity index (χ2v) is 6.81. The molecule has 0 saturated carbocycles. The molecule has 0 aliphatic heterocycles. The summed E-state index contributed by atoms with van der Waals surface area (Å²) >= 11 is 5.63. The molecule has 0 aliphatic carbocycles. The van der Waals surface area contributed by atoms with Crippen LogP contribution in [0.4, 0.5) is 4.39 Å². The summed E-state index contributed by atoms with van der Waals surface area (Å²) in [7, 11) is -4.04. The van der Waals surface area contributed by atoms with E-state index in [0.717, 1.165) is 5.56 Å². The Morgan fingerprint density at radius 3 is 2.60 bits per heavy atom. The lowest BCUT2D eigenvalue weighted by atomic mass is 10.2. The third-order valence-electron chi connectivity index (χ3n) is 2.88. The van der Waals surface area contributed by atoms with Crippen molar-refractivity contribution in [2.75, 3.05) is 0 Å². The zero-order chi connectivity index (χ0) is 18.4. The maximum Gasteiger partial charge on any atom is 0.317 e. The summed E-state index contributed by atoms with van der Waals surface area (Å²) in [5, 5.41) is 7.06. The van der Waals surface area contributed by atoms with Crippen LogP contribution in [-0.4, -0.2) is 20.6 Å². The first kappa shape index (κ1) is 18.8. The van der Waals surface area contributed by atoms with Crippen LogP contribution in [0.2, 0.25) is 5.02 Å². The Morgan fingerprint density at radius 1 is 1.28 bits per heavy atom. The Balaban J connectivity index is 1.97. The van der Waals surface area contributed by atoms with Gasteiger partial charge in [0.15, 0.2) is 0 Å². The summed E-state index contributed by atoms with van der Waals surface area (Å²) in [5.41, 5.74) is 8.82. The summed E-state index contributed by atoms with van der Waals surface area (Å²) in [5.74, 6) is -0.946. The smallest absolute Gasteiger partial charge is 0.317 e. The van der Waals surface area contributed by atoms with Gasteiger partial charge in [-0.2, -0.15) is 13.5 Å². The zero-order valence-corrected chi connectivity index (χ0v) is 14.6. The summed E-state index contributed by atoms with van der Waals surface area (Å²) in [6.45, 7) is 1.83. The van der Waals surface area contributed by atoms with Gasteiger partial charge in [0.2, 0.25) is 5.96 Å². The van der Waals surface area contributed by atoms with Crippen molar-refractivity contribution in [1.82, 2.24) is 5.48 Å². The summed E-state index contributed by atoms with van der Waals surface area (Å²) in [4.78, 5) is -0.0390. The van der Waals surface area contributed by atoms with Crippen molar-refractivity contribution in [3.05, 3.63) is 64.4 Å². The van der Waals surface area contributed by atoms with Crippen molar-refractivity contribution in [2.24, 2.45) is 15.9 Å². The third-order valence-corrected chi connectivity index (χ3v) is 4.32. The van der Waals surface area contributed by atoms with Crippen LogP contribution < -0.4 is 11.2 Å². The number of benzene rings is 2. The summed E-state index contributed by atoms with van der Waals surface area (Å²) < 4.78 is 41.4. The number of guanidine groups is 1. The number of hydrogen-bond donors (Lipinski definition) is 2. The Labute approximate surface area is 149 Å². The highest BCUT2D eigenvalue weighted by Crippen LogP contribution is 2.15. The van der Waals surface area contributed by atoms with E-state index in [4.69, 9.17) is 17.3 Å². The van der Waals surface area contributed by atoms with Gasteiger partial charge in [0.25, 0.3) is 0 Å². The van der Waals surface area contributed by atoms with Crippen LogP contribution in [0, 0.1) is 12.7 Å². The number of hydroxylamine groups is 1. The van der Waals surface area contributed by atoms with Crippen molar-refractivity contribution >= 4 is 33.9 Å². The van der Waals surface area contributed by atoms with Crippen LogP contribution in [0.15, 0.2) is 57.6 Å². The molecule has 0 amide bonds. The minimum absolute atomic E-state index is 0.0390. The molecule has 0 bridgehead atoms. The lowest BCUT2D eigenvalue weighted by Crippen LogP contribution is -2.33. The van der Waals surface area contributed by atoms with E-state index in [1.165, 1.54) is 36.5 Å². The number of nitrogens with two attached hydrogens (primary N) is 1. The minimum atomic E-state index is -4.04. The Morgan fingerprint density at radius 2 is 1.96 bits per heavy atom. The highest BCUT2D eigenvalue weighted by molar-refractivity contribution is 7.86. The third kappa shape index (κ3) is 5.52. The van der Waals surface area contributed by atoms with Crippen molar-refractivity contribution in [2.45, 2.75) is 11.8 Å². The largest absolute Gasteiger partial charge is 0.367 e. The molecule has 2 rings (SSSR count). The lowest BCUT2D eigenvalue weighted by molar-refractivity contribution is 0.266. The molecule has 132 valence electrons. The fraction of sp³-hybridized carbons (Fsp3) is 0.0667. The van der Waals surface area contributed by atoms with Gasteiger partial charge in [-0.25, -0.2) is 9.87 Å². The second kappa shape index (κ2) is 8.06. The maximum absolute atomic E-state index is 13.0. The number of hydrogen-bond acceptors (Lipinski definition) is 5. The van der Waals surface area contributed by atoms with Crippen LogP contribution in [0.25, 0.3) is 0 Å². The van der Waals surface area contributed by atoms with Crippen molar-refractivity contribution in [3.8, 4) is 0 Å². The molecule has 0 aliphatic rings. The zero-order valence-electron chi connectivity index (χ0n) is 13.0. The van der Waals surface area contributed by atoms with Gasteiger partial charge in [0.1, 0.15) is 5.82 Å². The van der Waals surface area contributed by atoms with Crippen LogP contribution in [-0.2, 0) is 14.4 Å². The molecule has 10 heteroatoms. The van der Waals surface area contributed by atoms with Crippen molar-refractivity contribution in [3.63, 3.8) is 0 Å². The van der Waals surface area contributed by atoms with E-state index in [1.807, 2.05) is 12.4 Å². The van der Waals surface area contributed by atoms with Crippen molar-refractivity contribution in [1.29, 1.82) is 0 Å². The maximum atomic E-state index is 13.0. The van der Waals surface area contributed by atoms with E-state index < -0.39 is 15.9 Å². The van der Waals surface area contributed by atoms with E-state index >= 15 is 0 Å². The first-order chi connectivity index (χ1) is 11.8. The molecule has 0 fully saturated rings. The minimum Gasteiger partial charge on any atom is -0.367 e.